The molecule has 0 atom stereocenters. The lowest BCUT2D eigenvalue weighted by atomic mass is 10.2. The molecule has 0 saturated heterocycles. The maximum atomic E-state index is 12.4. The summed E-state index contributed by atoms with van der Waals surface area (Å²) in [6.45, 7) is 1.61. The van der Waals surface area contributed by atoms with Crippen LogP contribution >= 0.6 is 11.3 Å². The van der Waals surface area contributed by atoms with Gasteiger partial charge in [-0.1, -0.05) is 0 Å². The van der Waals surface area contributed by atoms with Crippen molar-refractivity contribution in [1.82, 2.24) is 14.9 Å². The summed E-state index contributed by atoms with van der Waals surface area (Å²) >= 11 is 1.49. The highest BCUT2D eigenvalue weighted by Crippen LogP contribution is 2.30. The second-order valence-electron chi connectivity index (χ2n) is 6.02. The highest BCUT2D eigenvalue weighted by molar-refractivity contribution is 7.15. The predicted octanol–water partition coefficient (Wildman–Crippen LogP) is 0.890. The van der Waals surface area contributed by atoms with E-state index >= 15 is 0 Å². The van der Waals surface area contributed by atoms with Crippen LogP contribution in [0.15, 0.2) is 18.3 Å². The number of rotatable bonds is 3. The molecular weight excluding hydrogens is 342 g/mol. The topological polar surface area (TPSA) is 87.7 Å². The Bertz CT molecular complexity index is 837. The zero-order chi connectivity index (χ0) is 17.4. The van der Waals surface area contributed by atoms with Crippen molar-refractivity contribution in [3.63, 3.8) is 0 Å². The number of nitrogens with zero attached hydrogens (tertiary/aromatic N) is 4. The first-order chi connectivity index (χ1) is 12.1. The molecule has 2 amide bonds. The van der Waals surface area contributed by atoms with Gasteiger partial charge in [-0.25, -0.2) is 9.97 Å². The normalized spacial score (nSPS) is 16.8. The van der Waals surface area contributed by atoms with Gasteiger partial charge in [-0.05, 0) is 19.2 Å². The molecule has 2 aromatic rings. The summed E-state index contributed by atoms with van der Waals surface area (Å²) in [6.07, 6.45) is 2.45. The van der Waals surface area contributed by atoms with Gasteiger partial charge in [-0.3, -0.25) is 14.5 Å². The van der Waals surface area contributed by atoms with E-state index < -0.39 is 0 Å². The molecule has 0 spiro atoms. The molecule has 25 heavy (non-hydrogen) atoms. The van der Waals surface area contributed by atoms with Crippen LogP contribution in [0.1, 0.15) is 10.6 Å². The third-order valence-electron chi connectivity index (χ3n) is 4.13. The average molecular weight is 359 g/mol. The first-order valence-electron chi connectivity index (χ1n) is 7.95. The summed E-state index contributed by atoms with van der Waals surface area (Å²) in [4.78, 5) is 37.9. The molecule has 0 aromatic carbocycles. The molecule has 0 bridgehead atoms. The number of carbonyl (C=O) groups is 2. The van der Waals surface area contributed by atoms with Gasteiger partial charge in [0.15, 0.2) is 23.3 Å². The van der Waals surface area contributed by atoms with Crippen molar-refractivity contribution in [2.24, 2.45) is 0 Å². The van der Waals surface area contributed by atoms with E-state index in [1.165, 1.54) is 21.1 Å². The number of carbonyl (C=O) groups excluding carboxylic acids is 2. The fourth-order valence-electron chi connectivity index (χ4n) is 2.88. The van der Waals surface area contributed by atoms with E-state index in [1.807, 2.05) is 0 Å². The number of nitrogens with one attached hydrogen (secondary N) is 1. The van der Waals surface area contributed by atoms with Gasteiger partial charge in [0.1, 0.15) is 6.54 Å². The number of fused-ring (bicyclic) bond motifs is 2. The molecule has 8 nitrogen and oxygen atoms in total. The van der Waals surface area contributed by atoms with E-state index in [1.54, 1.807) is 18.3 Å². The second-order valence-corrected chi connectivity index (χ2v) is 7.10. The molecule has 0 fully saturated rings. The maximum absolute atomic E-state index is 12.4. The Morgan fingerprint density at radius 3 is 3.24 bits per heavy atom. The third kappa shape index (κ3) is 3.20. The Kier molecular flexibility index (Phi) is 4.10. The summed E-state index contributed by atoms with van der Waals surface area (Å²) in [5.41, 5.74) is 1.05. The van der Waals surface area contributed by atoms with Gasteiger partial charge in [0.25, 0.3) is 5.91 Å². The van der Waals surface area contributed by atoms with Crippen LogP contribution < -0.4 is 15.0 Å². The van der Waals surface area contributed by atoms with Crippen molar-refractivity contribution in [1.29, 1.82) is 0 Å². The van der Waals surface area contributed by atoms with Crippen molar-refractivity contribution >= 4 is 34.1 Å². The smallest absolute Gasteiger partial charge is 0.266 e. The van der Waals surface area contributed by atoms with E-state index in [4.69, 9.17) is 4.74 Å². The molecule has 2 aliphatic rings. The van der Waals surface area contributed by atoms with Crippen LogP contribution in [0.4, 0.5) is 10.9 Å². The van der Waals surface area contributed by atoms with E-state index in [0.717, 1.165) is 25.2 Å². The number of aromatic nitrogens is 2. The minimum absolute atomic E-state index is 0.0934. The Labute approximate surface area is 148 Å². The molecule has 2 aromatic heterocycles. The fourth-order valence-corrected chi connectivity index (χ4v) is 3.98. The van der Waals surface area contributed by atoms with Crippen molar-refractivity contribution < 1.29 is 14.3 Å². The predicted molar refractivity (Wildman–Crippen MR) is 92.9 cm³/mol. The molecule has 0 aliphatic carbocycles. The molecule has 4 heterocycles. The highest BCUT2D eigenvalue weighted by Gasteiger charge is 2.29. The van der Waals surface area contributed by atoms with E-state index in [-0.39, 0.29) is 25.0 Å². The molecule has 0 saturated carbocycles. The quantitative estimate of drug-likeness (QED) is 0.876. The lowest BCUT2D eigenvalue weighted by Gasteiger charge is -2.27. The molecule has 130 valence electrons. The Balaban J connectivity index is 1.47. The number of hydrogen-bond donors (Lipinski definition) is 1. The molecule has 0 unspecified atom stereocenters. The number of hydrogen-bond acceptors (Lipinski definition) is 7. The van der Waals surface area contributed by atoms with Crippen LogP contribution in [-0.2, 0) is 22.6 Å². The van der Waals surface area contributed by atoms with Crippen molar-refractivity contribution in [3.05, 3.63) is 28.9 Å². The maximum Gasteiger partial charge on any atom is 0.266 e. The zero-order valence-electron chi connectivity index (χ0n) is 13.7. The molecule has 4 rings (SSSR count). The summed E-state index contributed by atoms with van der Waals surface area (Å²) in [5.74, 6) is 0.282. The molecule has 9 heteroatoms. The highest BCUT2D eigenvalue weighted by atomic mass is 32.1. The van der Waals surface area contributed by atoms with Crippen LogP contribution in [0.5, 0.6) is 5.75 Å². The molecule has 2 aliphatic heterocycles. The Morgan fingerprint density at radius 1 is 1.48 bits per heavy atom. The zero-order valence-corrected chi connectivity index (χ0v) is 14.5. The largest absolute Gasteiger partial charge is 0.480 e. The van der Waals surface area contributed by atoms with Crippen molar-refractivity contribution in [2.45, 2.75) is 13.0 Å². The van der Waals surface area contributed by atoms with Gasteiger partial charge in [-0.2, -0.15) is 0 Å². The summed E-state index contributed by atoms with van der Waals surface area (Å²) in [5, 5.41) is 3.38. The minimum atomic E-state index is -0.300. The van der Waals surface area contributed by atoms with Crippen LogP contribution in [0, 0.1) is 0 Å². The average Bonchev–Trinajstić information content (AvgIpc) is 2.98. The minimum Gasteiger partial charge on any atom is -0.480 e. The van der Waals surface area contributed by atoms with Crippen LogP contribution in [-0.4, -0.2) is 53.4 Å². The van der Waals surface area contributed by atoms with Gasteiger partial charge >= 0.3 is 0 Å². The second kappa shape index (κ2) is 6.41. The van der Waals surface area contributed by atoms with Gasteiger partial charge in [-0.15, -0.1) is 11.3 Å². The number of ether oxygens (including phenoxy) is 1. The summed E-state index contributed by atoms with van der Waals surface area (Å²) < 4.78 is 5.33. The third-order valence-corrected chi connectivity index (χ3v) is 5.13. The number of thiazole rings is 1. The van der Waals surface area contributed by atoms with E-state index in [0.29, 0.717) is 16.7 Å². The number of anilines is 2. The van der Waals surface area contributed by atoms with Gasteiger partial charge in [0.2, 0.25) is 5.91 Å². The van der Waals surface area contributed by atoms with Gasteiger partial charge in [0, 0.05) is 30.6 Å². The molecular formula is C16H17N5O3S. The lowest BCUT2D eigenvalue weighted by Crippen LogP contribution is -2.43. The van der Waals surface area contributed by atoms with E-state index in [9.17, 15) is 9.59 Å². The van der Waals surface area contributed by atoms with Crippen molar-refractivity contribution in [2.75, 3.05) is 37.0 Å². The first kappa shape index (κ1) is 16.0. The Hall–Kier alpha value is -2.52. The Morgan fingerprint density at radius 2 is 2.36 bits per heavy atom. The summed E-state index contributed by atoms with van der Waals surface area (Å²) in [7, 11) is 2.06. The number of amides is 2. The molecule has 0 radical (unpaired) electrons. The number of pyridine rings is 1. The van der Waals surface area contributed by atoms with Crippen LogP contribution in [0.3, 0.4) is 0 Å². The first-order valence-corrected chi connectivity index (χ1v) is 8.77. The van der Waals surface area contributed by atoms with Crippen molar-refractivity contribution in [3.8, 4) is 5.75 Å². The van der Waals surface area contributed by atoms with Crippen LogP contribution in [0.25, 0.3) is 0 Å². The SMILES string of the molecule is CN1CCc2nc(NC(=O)CN3C(=O)COc4cccnc43)sc2C1. The van der Waals surface area contributed by atoms with Gasteiger partial charge < -0.3 is 15.0 Å². The fraction of sp³-hybridized carbons (Fsp3) is 0.375. The summed E-state index contributed by atoms with van der Waals surface area (Å²) in [6, 6.07) is 3.45. The standard InChI is InChI=1S/C16H17N5O3S/c1-20-6-4-10-12(7-20)25-16(18-10)19-13(22)8-21-14(23)9-24-11-3-2-5-17-15(11)21/h2-3,5H,4,6-9H2,1H3,(H,18,19,22). The van der Waals surface area contributed by atoms with E-state index in [2.05, 4.69) is 27.2 Å². The lowest BCUT2D eigenvalue weighted by molar-refractivity contribution is -0.123. The monoisotopic (exact) mass is 359 g/mol. The van der Waals surface area contributed by atoms with Crippen LogP contribution in [0.2, 0.25) is 0 Å². The number of likely N-dealkylation sites (N-methyl/N-ethyl adjacent to an activating group) is 1. The molecule has 1 N–H and O–H groups in total. The van der Waals surface area contributed by atoms with Gasteiger partial charge in [0.05, 0.1) is 5.69 Å².